The van der Waals surface area contributed by atoms with Crippen LogP contribution in [0.15, 0.2) is 72.9 Å². The number of hydrogen-bond donors (Lipinski definition) is 3. The van der Waals surface area contributed by atoms with Crippen molar-refractivity contribution in [3.8, 4) is 0 Å². The first-order valence-electron chi connectivity index (χ1n) is 27.7. The number of carbonyl (C=O) groups excluding carboxylic acids is 3. The lowest BCUT2D eigenvalue weighted by molar-refractivity contribution is -0.267. The predicted molar refractivity (Wildman–Crippen MR) is 283 cm³/mol. The second-order valence-corrected chi connectivity index (χ2v) is 18.6. The van der Waals surface area contributed by atoms with Crippen LogP contribution in [0, 0.1) is 0 Å². The summed E-state index contributed by atoms with van der Waals surface area (Å²) in [6, 6.07) is 0. The Hall–Kier alpha value is -3.39. The SMILES string of the molecule is CCCCCC/C=C\C=C\[C@H](CCCCCCCC(=O)OC[C@@H](COC(=O)CCCCCCC/C=C\C=C\[C@H](CCCCC)OO)OC(=O)CCCCCCC/C=C\C=C\[C@@H](CCCCC)OO)OO. The fraction of sp³-hybridized carbons (Fsp3) is 0.741. The number of ether oxygens (including phenoxy) is 3. The standard InChI is InChI=1S/C58H100O12/c1-4-7-10-11-12-19-25-36-45-54(70-64)46-37-28-24-31-39-48-57(60)66-51-55(67-58(61)49-40-30-23-18-14-16-21-27-35-44-53(69-63)42-33-9-6-3)50-65-56(59)47-38-29-22-17-13-15-20-26-34-43-52(68-62)41-32-8-5-2/h19-21,25-27,34-36,43-45,52-55,62-64H,4-18,22-24,28-33,37-42,46-51H2,1-3H3/b25-19-,26-20-,27-21-,43-34+,44-35+,45-36+/t52-,53+,54+,55+/m0/s1. The van der Waals surface area contributed by atoms with Gasteiger partial charge in [0.05, 0.1) is 0 Å². The third-order valence-corrected chi connectivity index (χ3v) is 12.1. The highest BCUT2D eigenvalue weighted by Gasteiger charge is 2.20. The maximum atomic E-state index is 12.9. The van der Waals surface area contributed by atoms with Crippen LogP contribution in [-0.4, -0.2) is 71.3 Å². The highest BCUT2D eigenvalue weighted by atomic mass is 17.1. The van der Waals surface area contributed by atoms with E-state index in [1.165, 1.54) is 25.7 Å². The summed E-state index contributed by atoms with van der Waals surface area (Å²) in [5.41, 5.74) is 0. The first-order chi connectivity index (χ1) is 34.3. The summed E-state index contributed by atoms with van der Waals surface area (Å²) < 4.78 is 16.7. The molecule has 12 nitrogen and oxygen atoms in total. The van der Waals surface area contributed by atoms with Crippen molar-refractivity contribution >= 4 is 17.9 Å². The van der Waals surface area contributed by atoms with E-state index in [-0.39, 0.29) is 62.7 Å². The Morgan fingerprint density at radius 3 is 1.04 bits per heavy atom. The molecule has 404 valence electrons. The molecule has 0 aliphatic carbocycles. The van der Waals surface area contributed by atoms with Crippen molar-refractivity contribution in [2.75, 3.05) is 13.2 Å². The molecule has 0 saturated heterocycles. The van der Waals surface area contributed by atoms with E-state index in [0.717, 1.165) is 148 Å². The summed E-state index contributed by atoms with van der Waals surface area (Å²) in [5, 5.41) is 27.4. The number of hydrogen-bond acceptors (Lipinski definition) is 12. The molecule has 0 aliphatic rings. The Bertz CT molecular complexity index is 1370. The smallest absolute Gasteiger partial charge is 0.306 e. The van der Waals surface area contributed by atoms with E-state index in [1.54, 1.807) is 0 Å². The second kappa shape index (κ2) is 53.4. The van der Waals surface area contributed by atoms with Gasteiger partial charge in [0.15, 0.2) is 6.10 Å². The van der Waals surface area contributed by atoms with Crippen LogP contribution in [0.1, 0.15) is 239 Å². The molecule has 0 spiro atoms. The Morgan fingerprint density at radius 1 is 0.371 bits per heavy atom. The normalized spacial score (nSPS) is 14.0. The predicted octanol–water partition coefficient (Wildman–Crippen LogP) is 16.2. The molecule has 0 saturated carbocycles. The number of esters is 3. The van der Waals surface area contributed by atoms with Crippen molar-refractivity contribution < 1.29 is 59.0 Å². The lowest BCUT2D eigenvalue weighted by Gasteiger charge is -2.18. The maximum absolute atomic E-state index is 12.9. The van der Waals surface area contributed by atoms with E-state index in [9.17, 15) is 19.6 Å². The Morgan fingerprint density at radius 2 is 0.671 bits per heavy atom. The van der Waals surface area contributed by atoms with E-state index >= 15 is 0 Å². The molecule has 0 bridgehead atoms. The molecule has 0 heterocycles. The summed E-state index contributed by atoms with van der Waals surface area (Å²) in [6.07, 6.45) is 53.2. The number of rotatable bonds is 51. The van der Waals surface area contributed by atoms with Gasteiger partial charge in [0.2, 0.25) is 0 Å². The van der Waals surface area contributed by atoms with Crippen molar-refractivity contribution in [3.05, 3.63) is 72.9 Å². The molecule has 0 aromatic rings. The van der Waals surface area contributed by atoms with Gasteiger partial charge in [-0.05, 0) is 77.0 Å². The average molecular weight is 989 g/mol. The summed E-state index contributed by atoms with van der Waals surface area (Å²) in [7, 11) is 0. The highest BCUT2D eigenvalue weighted by molar-refractivity contribution is 5.71. The van der Waals surface area contributed by atoms with Crippen LogP contribution >= 0.6 is 0 Å². The van der Waals surface area contributed by atoms with Crippen LogP contribution in [-0.2, 0) is 43.3 Å². The molecule has 0 aromatic carbocycles. The monoisotopic (exact) mass is 989 g/mol. The van der Waals surface area contributed by atoms with E-state index < -0.39 is 12.1 Å². The molecule has 0 unspecified atom stereocenters. The fourth-order valence-electron chi connectivity index (χ4n) is 7.67. The minimum atomic E-state index is -0.875. The molecule has 0 radical (unpaired) electrons. The number of carbonyl (C=O) groups is 3. The lowest BCUT2D eigenvalue weighted by atomic mass is 10.1. The van der Waals surface area contributed by atoms with Gasteiger partial charge in [-0.1, -0.05) is 216 Å². The largest absolute Gasteiger partial charge is 0.462 e. The summed E-state index contributed by atoms with van der Waals surface area (Å²) >= 11 is 0. The first-order valence-corrected chi connectivity index (χ1v) is 27.7. The third-order valence-electron chi connectivity index (χ3n) is 12.1. The van der Waals surface area contributed by atoms with E-state index in [4.69, 9.17) is 24.7 Å². The van der Waals surface area contributed by atoms with Gasteiger partial charge in [-0.2, -0.15) is 0 Å². The summed E-state index contributed by atoms with van der Waals surface area (Å²) in [5.74, 6) is -1.14. The quantitative estimate of drug-likeness (QED) is 0.0132. The maximum Gasteiger partial charge on any atom is 0.306 e. The molecular formula is C58H100O12. The molecular weight excluding hydrogens is 889 g/mol. The summed E-state index contributed by atoms with van der Waals surface area (Å²) in [6.45, 7) is 6.16. The van der Waals surface area contributed by atoms with E-state index in [1.807, 2.05) is 54.7 Å². The second-order valence-electron chi connectivity index (χ2n) is 18.6. The zero-order valence-electron chi connectivity index (χ0n) is 44.2. The Kier molecular flexibility index (Phi) is 50.8. The van der Waals surface area contributed by atoms with Crippen LogP contribution in [0.25, 0.3) is 0 Å². The molecule has 0 fully saturated rings. The number of allylic oxidation sites excluding steroid dienone is 9. The molecule has 3 N–H and O–H groups in total. The van der Waals surface area contributed by atoms with Gasteiger partial charge < -0.3 is 14.2 Å². The van der Waals surface area contributed by atoms with Gasteiger partial charge in [0.25, 0.3) is 0 Å². The van der Waals surface area contributed by atoms with Gasteiger partial charge in [-0.3, -0.25) is 30.2 Å². The molecule has 4 atom stereocenters. The topological polar surface area (TPSA) is 167 Å². The first kappa shape index (κ1) is 66.6. The average Bonchev–Trinajstić information content (AvgIpc) is 3.36. The zero-order chi connectivity index (χ0) is 51.2. The van der Waals surface area contributed by atoms with Crippen LogP contribution in [0.2, 0.25) is 0 Å². The van der Waals surface area contributed by atoms with E-state index in [2.05, 4.69) is 53.7 Å². The van der Waals surface area contributed by atoms with Crippen molar-refractivity contribution in [1.82, 2.24) is 0 Å². The van der Waals surface area contributed by atoms with Crippen LogP contribution in [0.5, 0.6) is 0 Å². The molecule has 0 aliphatic heterocycles. The van der Waals surface area contributed by atoms with Crippen molar-refractivity contribution in [3.63, 3.8) is 0 Å². The van der Waals surface area contributed by atoms with Crippen LogP contribution < -0.4 is 0 Å². The van der Waals surface area contributed by atoms with Gasteiger partial charge in [0, 0.05) is 19.3 Å². The Labute approximate surface area is 425 Å². The third kappa shape index (κ3) is 47.0. The zero-order valence-corrected chi connectivity index (χ0v) is 44.2. The van der Waals surface area contributed by atoms with Gasteiger partial charge in [0.1, 0.15) is 31.5 Å². The van der Waals surface area contributed by atoms with Crippen molar-refractivity contribution in [2.45, 2.75) is 263 Å². The molecule has 0 amide bonds. The molecule has 70 heavy (non-hydrogen) atoms. The van der Waals surface area contributed by atoms with Crippen LogP contribution in [0.4, 0.5) is 0 Å². The lowest BCUT2D eigenvalue weighted by Crippen LogP contribution is -2.30. The van der Waals surface area contributed by atoms with Gasteiger partial charge in [-0.25, -0.2) is 14.7 Å². The van der Waals surface area contributed by atoms with Crippen LogP contribution in [0.3, 0.4) is 0 Å². The fourth-order valence-corrected chi connectivity index (χ4v) is 7.67. The number of unbranched alkanes of at least 4 members (excludes halogenated alkanes) is 22. The molecule has 0 rings (SSSR count). The van der Waals surface area contributed by atoms with Gasteiger partial charge >= 0.3 is 17.9 Å². The van der Waals surface area contributed by atoms with E-state index in [0.29, 0.717) is 25.7 Å². The highest BCUT2D eigenvalue weighted by Crippen LogP contribution is 2.15. The minimum Gasteiger partial charge on any atom is -0.462 e. The molecule has 0 aromatic heterocycles. The minimum absolute atomic E-state index is 0.166. The van der Waals surface area contributed by atoms with Crippen molar-refractivity contribution in [2.24, 2.45) is 0 Å². The van der Waals surface area contributed by atoms with Crippen molar-refractivity contribution in [1.29, 1.82) is 0 Å². The van der Waals surface area contributed by atoms with Gasteiger partial charge in [-0.15, -0.1) is 0 Å². The summed E-state index contributed by atoms with van der Waals surface area (Å²) in [4.78, 5) is 51.9. The Balaban J connectivity index is 4.70. The molecule has 12 heteroatoms.